The Balaban J connectivity index is 1.77. The number of hydrogen-bond donors (Lipinski definition) is 1. The molecule has 0 radical (unpaired) electrons. The Hall–Kier alpha value is -2.85. The molecule has 2 heterocycles. The van der Waals surface area contributed by atoms with Gasteiger partial charge in [0.1, 0.15) is 0 Å². The quantitative estimate of drug-likeness (QED) is 0.446. The van der Waals surface area contributed by atoms with E-state index < -0.39 is 0 Å². The minimum Gasteiger partial charge on any atom is -0.358 e. The van der Waals surface area contributed by atoms with E-state index in [1.165, 1.54) is 27.6 Å². The van der Waals surface area contributed by atoms with Crippen LogP contribution in [0.5, 0.6) is 0 Å². The number of hydrogen-bond acceptors (Lipinski definition) is 3. The third kappa shape index (κ3) is 3.28. The summed E-state index contributed by atoms with van der Waals surface area (Å²) in [5.74, 6) is 0. The molecule has 0 saturated carbocycles. The zero-order chi connectivity index (χ0) is 17.9. The Kier molecular flexibility index (Phi) is 4.59. The second kappa shape index (κ2) is 7.18. The van der Waals surface area contributed by atoms with Crippen LogP contribution >= 0.6 is 11.3 Å². The van der Waals surface area contributed by atoms with Gasteiger partial charge in [0, 0.05) is 41.1 Å². The lowest BCUT2D eigenvalue weighted by Crippen LogP contribution is -1.97. The molecule has 0 aliphatic heterocycles. The summed E-state index contributed by atoms with van der Waals surface area (Å²) < 4.78 is 2.32. The zero-order valence-corrected chi connectivity index (χ0v) is 15.6. The smallest absolute Gasteiger partial charge is 0.183 e. The van der Waals surface area contributed by atoms with Crippen LogP contribution in [0.15, 0.2) is 72.8 Å². The third-order valence-corrected chi connectivity index (χ3v) is 5.21. The second-order valence-electron chi connectivity index (χ2n) is 6.38. The first-order valence-corrected chi connectivity index (χ1v) is 9.56. The van der Waals surface area contributed by atoms with Gasteiger partial charge in [0.05, 0.1) is 5.69 Å². The van der Waals surface area contributed by atoms with Crippen LogP contribution in [0.4, 0.5) is 5.13 Å². The summed E-state index contributed by atoms with van der Waals surface area (Å²) in [6, 6.07) is 17.2. The zero-order valence-electron chi connectivity index (χ0n) is 14.8. The Bertz CT molecular complexity index is 1040. The lowest BCUT2D eigenvalue weighted by atomic mass is 10.1. The van der Waals surface area contributed by atoms with Crippen LogP contribution in [0, 0.1) is 6.92 Å². The van der Waals surface area contributed by atoms with Gasteiger partial charge in [-0.05, 0) is 24.1 Å². The van der Waals surface area contributed by atoms with Gasteiger partial charge < -0.3 is 9.88 Å². The fraction of sp³-hybridized carbons (Fsp3) is 0.136. The first-order valence-electron chi connectivity index (χ1n) is 8.68. The highest BCUT2D eigenvalue weighted by atomic mass is 32.1. The summed E-state index contributed by atoms with van der Waals surface area (Å²) >= 11 is 1.63. The average Bonchev–Trinajstić information content (AvgIpc) is 3.26. The van der Waals surface area contributed by atoms with Crippen molar-refractivity contribution >= 4 is 27.4 Å². The van der Waals surface area contributed by atoms with E-state index in [9.17, 15) is 0 Å². The van der Waals surface area contributed by atoms with E-state index in [1.54, 1.807) is 11.3 Å². The van der Waals surface area contributed by atoms with Crippen LogP contribution in [0.25, 0.3) is 22.2 Å². The summed E-state index contributed by atoms with van der Waals surface area (Å²) in [6.07, 6.45) is 4.07. The Morgan fingerprint density at radius 3 is 2.85 bits per heavy atom. The molecule has 26 heavy (non-hydrogen) atoms. The highest BCUT2D eigenvalue weighted by molar-refractivity contribution is 7.14. The number of nitrogens with one attached hydrogen (secondary N) is 1. The number of benzene rings is 2. The maximum Gasteiger partial charge on any atom is 0.183 e. The van der Waals surface area contributed by atoms with Crippen molar-refractivity contribution in [1.29, 1.82) is 0 Å². The molecule has 0 fully saturated rings. The van der Waals surface area contributed by atoms with E-state index in [0.717, 1.165) is 23.9 Å². The Labute approximate surface area is 157 Å². The van der Waals surface area contributed by atoms with Gasteiger partial charge >= 0.3 is 0 Å². The van der Waals surface area contributed by atoms with Crippen molar-refractivity contribution in [3.63, 3.8) is 0 Å². The molecule has 2 aromatic heterocycles. The van der Waals surface area contributed by atoms with Crippen molar-refractivity contribution in [2.45, 2.75) is 13.5 Å². The molecular formula is C22H21N3S. The highest BCUT2D eigenvalue weighted by Crippen LogP contribution is 2.33. The van der Waals surface area contributed by atoms with E-state index in [4.69, 9.17) is 4.98 Å². The fourth-order valence-electron chi connectivity index (χ4n) is 3.16. The molecule has 0 aliphatic carbocycles. The Morgan fingerprint density at radius 1 is 1.19 bits per heavy atom. The molecule has 0 atom stereocenters. The number of aryl methyl sites for hydroxylation is 1. The van der Waals surface area contributed by atoms with Crippen LogP contribution < -0.4 is 5.32 Å². The minimum absolute atomic E-state index is 0.724. The molecule has 2 aromatic carbocycles. The summed E-state index contributed by atoms with van der Waals surface area (Å²) in [6.45, 7) is 7.46. The molecule has 0 amide bonds. The lowest BCUT2D eigenvalue weighted by Gasteiger charge is -2.06. The molecule has 0 spiro atoms. The maximum atomic E-state index is 4.76. The second-order valence-corrected chi connectivity index (χ2v) is 7.24. The van der Waals surface area contributed by atoms with Gasteiger partial charge in [-0.25, -0.2) is 4.98 Å². The molecule has 3 nitrogen and oxygen atoms in total. The molecule has 0 aliphatic rings. The first-order chi connectivity index (χ1) is 12.7. The fourth-order valence-corrected chi connectivity index (χ4v) is 3.88. The van der Waals surface area contributed by atoms with Gasteiger partial charge in [0.15, 0.2) is 5.13 Å². The largest absolute Gasteiger partial charge is 0.358 e. The standard InChI is InChI=1S/C22H21N3S/c1-3-11-23-22-24-20(15-26-22)19-14-25(13-17-7-5-4-6-8-17)21-12-16(2)9-10-18(19)21/h3-10,12,14-15H,1,11,13H2,2H3,(H,23,24). The van der Waals surface area contributed by atoms with Gasteiger partial charge in [-0.1, -0.05) is 48.5 Å². The third-order valence-electron chi connectivity index (χ3n) is 4.41. The number of thiazole rings is 1. The van der Waals surface area contributed by atoms with Crippen molar-refractivity contribution in [2.24, 2.45) is 0 Å². The van der Waals surface area contributed by atoms with E-state index in [-0.39, 0.29) is 0 Å². The molecule has 0 unspecified atom stereocenters. The van der Waals surface area contributed by atoms with Crippen molar-refractivity contribution in [1.82, 2.24) is 9.55 Å². The van der Waals surface area contributed by atoms with Crippen LogP contribution in [0.3, 0.4) is 0 Å². The lowest BCUT2D eigenvalue weighted by molar-refractivity contribution is 0.837. The minimum atomic E-state index is 0.724. The van der Waals surface area contributed by atoms with Crippen LogP contribution in [-0.4, -0.2) is 16.1 Å². The van der Waals surface area contributed by atoms with Gasteiger partial charge in [-0.15, -0.1) is 17.9 Å². The van der Waals surface area contributed by atoms with E-state index >= 15 is 0 Å². The molecule has 4 heteroatoms. The Morgan fingerprint density at radius 2 is 2.04 bits per heavy atom. The molecule has 0 bridgehead atoms. The highest BCUT2D eigenvalue weighted by Gasteiger charge is 2.13. The molecule has 130 valence electrons. The monoisotopic (exact) mass is 359 g/mol. The van der Waals surface area contributed by atoms with E-state index in [1.807, 2.05) is 6.08 Å². The van der Waals surface area contributed by atoms with Gasteiger partial charge in [0.2, 0.25) is 0 Å². The van der Waals surface area contributed by atoms with Crippen LogP contribution in [-0.2, 0) is 6.54 Å². The van der Waals surface area contributed by atoms with Crippen molar-refractivity contribution in [2.75, 3.05) is 11.9 Å². The number of fused-ring (bicyclic) bond motifs is 1. The molecule has 4 aromatic rings. The van der Waals surface area contributed by atoms with E-state index in [2.05, 4.69) is 83.5 Å². The average molecular weight is 359 g/mol. The summed E-state index contributed by atoms with van der Waals surface area (Å²) in [7, 11) is 0. The summed E-state index contributed by atoms with van der Waals surface area (Å²) in [5.41, 5.74) is 6.01. The molecule has 0 saturated heterocycles. The number of nitrogens with zero attached hydrogens (tertiary/aromatic N) is 2. The molecule has 4 rings (SSSR count). The van der Waals surface area contributed by atoms with E-state index in [0.29, 0.717) is 0 Å². The van der Waals surface area contributed by atoms with Gasteiger partial charge in [-0.3, -0.25) is 0 Å². The number of rotatable bonds is 6. The molecular weight excluding hydrogens is 338 g/mol. The number of aromatic nitrogens is 2. The summed E-state index contributed by atoms with van der Waals surface area (Å²) in [5, 5.41) is 7.56. The molecule has 1 N–H and O–H groups in total. The van der Waals surface area contributed by atoms with Gasteiger partial charge in [-0.2, -0.15) is 0 Å². The van der Waals surface area contributed by atoms with Crippen molar-refractivity contribution in [3.8, 4) is 11.3 Å². The van der Waals surface area contributed by atoms with Crippen LogP contribution in [0.1, 0.15) is 11.1 Å². The summed E-state index contributed by atoms with van der Waals surface area (Å²) in [4.78, 5) is 4.76. The van der Waals surface area contributed by atoms with Gasteiger partial charge in [0.25, 0.3) is 0 Å². The first kappa shape index (κ1) is 16.6. The SMILES string of the molecule is C=CCNc1nc(-c2cn(Cc3ccccc3)c3cc(C)ccc23)cs1. The van der Waals surface area contributed by atoms with Crippen LogP contribution in [0.2, 0.25) is 0 Å². The topological polar surface area (TPSA) is 29.9 Å². The van der Waals surface area contributed by atoms with Crippen molar-refractivity contribution in [3.05, 3.63) is 83.9 Å². The number of anilines is 1. The maximum absolute atomic E-state index is 4.76. The normalized spacial score (nSPS) is 11.0. The van der Waals surface area contributed by atoms with Crippen molar-refractivity contribution < 1.29 is 0 Å². The predicted octanol–water partition coefficient (Wildman–Crippen LogP) is 5.72. The predicted molar refractivity (Wildman–Crippen MR) is 112 cm³/mol.